The van der Waals surface area contributed by atoms with Crippen molar-refractivity contribution < 1.29 is 17.9 Å². The highest BCUT2D eigenvalue weighted by Gasteiger charge is 2.25. The van der Waals surface area contributed by atoms with Crippen molar-refractivity contribution in [1.82, 2.24) is 19.1 Å². The molecule has 0 bridgehead atoms. The number of benzene rings is 6. The molecule has 6 aromatic carbocycles. The van der Waals surface area contributed by atoms with Crippen molar-refractivity contribution in [2.75, 3.05) is 17.7 Å². The second kappa shape index (κ2) is 18.7. The van der Waals surface area contributed by atoms with Gasteiger partial charge in [-0.2, -0.15) is 10.5 Å². The van der Waals surface area contributed by atoms with Gasteiger partial charge in [-0.05, 0) is 120 Å². The molecule has 2 aromatic heterocycles. The highest BCUT2D eigenvalue weighted by atomic mass is 35.5. The second-order valence-electron chi connectivity index (χ2n) is 15.7. The number of carbonyl (C=O) groups is 1. The first-order valence-corrected chi connectivity index (χ1v) is 24.9. The maximum absolute atomic E-state index is 13.2. The summed E-state index contributed by atoms with van der Waals surface area (Å²) in [6.45, 7) is 1.11. The Bertz CT molecular complexity index is 3470. The van der Waals surface area contributed by atoms with Gasteiger partial charge in [0.1, 0.15) is 24.0 Å². The van der Waals surface area contributed by atoms with Gasteiger partial charge in [-0.1, -0.05) is 52.5 Å². The first-order valence-electron chi connectivity index (χ1n) is 20.5. The van der Waals surface area contributed by atoms with Gasteiger partial charge in [-0.25, -0.2) is 18.4 Å². The van der Waals surface area contributed by atoms with E-state index >= 15 is 0 Å². The minimum Gasteiger partial charge on any atom is -0.486 e. The number of hydrogen-bond donors (Lipinski definition) is 0. The normalized spacial score (nSPS) is 12.8. The van der Waals surface area contributed by atoms with Crippen LogP contribution in [0.5, 0.6) is 5.75 Å². The van der Waals surface area contributed by atoms with Crippen LogP contribution < -0.4 is 9.64 Å². The molecule has 330 valence electrons. The van der Waals surface area contributed by atoms with Crippen molar-refractivity contribution in [3.63, 3.8) is 0 Å². The number of nitriles is 2. The average molecular weight is 992 g/mol. The van der Waals surface area contributed by atoms with Crippen LogP contribution in [0.1, 0.15) is 46.7 Å². The van der Waals surface area contributed by atoms with Crippen molar-refractivity contribution >= 4 is 102 Å². The van der Waals surface area contributed by atoms with Gasteiger partial charge in [0, 0.05) is 61.5 Å². The number of imidazole rings is 2. The fourth-order valence-electron chi connectivity index (χ4n) is 8.03. The molecule has 1 aliphatic rings. The molecular weight excluding hydrogens is 957 g/mol. The van der Waals surface area contributed by atoms with E-state index in [1.54, 1.807) is 83.8 Å². The van der Waals surface area contributed by atoms with Crippen LogP contribution in [0.2, 0.25) is 20.1 Å². The number of fused-ring (bicyclic) bond motifs is 2. The number of amides is 1. The Hall–Kier alpha value is -6.03. The Labute approximate surface area is 404 Å². The number of ether oxygens (including phenoxy) is 1. The maximum atomic E-state index is 13.2. The minimum atomic E-state index is -3.43. The van der Waals surface area contributed by atoms with Gasteiger partial charge >= 0.3 is 0 Å². The molecule has 3 heterocycles. The van der Waals surface area contributed by atoms with E-state index in [1.165, 1.54) is 18.0 Å². The van der Waals surface area contributed by atoms with Crippen LogP contribution in [0.25, 0.3) is 33.2 Å². The van der Waals surface area contributed by atoms with E-state index in [4.69, 9.17) is 61.1 Å². The smallest absolute Gasteiger partial charge is 0.227 e. The molecule has 0 unspecified atom stereocenters. The van der Waals surface area contributed by atoms with Crippen LogP contribution in [-0.2, 0) is 40.1 Å². The Morgan fingerprint density at radius 3 is 2.12 bits per heavy atom. The first-order chi connectivity index (χ1) is 31.7. The third-order valence-corrected chi connectivity index (χ3v) is 14.6. The van der Waals surface area contributed by atoms with Crippen LogP contribution in [-0.4, -0.2) is 46.2 Å². The third-order valence-electron chi connectivity index (χ3n) is 11.3. The second-order valence-corrected chi connectivity index (χ2v) is 20.5. The van der Waals surface area contributed by atoms with Crippen LogP contribution in [0.4, 0.5) is 5.69 Å². The van der Waals surface area contributed by atoms with Gasteiger partial charge in [0.05, 0.1) is 69.1 Å². The molecular formula is C49H35Cl4N7O4S2. The predicted octanol–water partition coefficient (Wildman–Crippen LogP) is 11.9. The lowest BCUT2D eigenvalue weighted by atomic mass is 9.98. The largest absolute Gasteiger partial charge is 0.486 e. The molecule has 0 radical (unpaired) electrons. The van der Waals surface area contributed by atoms with Crippen molar-refractivity contribution in [1.29, 1.82) is 10.5 Å². The zero-order valence-corrected chi connectivity index (χ0v) is 39.6. The van der Waals surface area contributed by atoms with Gasteiger partial charge in [0.25, 0.3) is 0 Å². The number of halogens is 4. The summed E-state index contributed by atoms with van der Waals surface area (Å²) in [5.41, 5.74) is 6.77. The van der Waals surface area contributed by atoms with Gasteiger partial charge in [0.2, 0.25) is 5.91 Å². The zero-order valence-electron chi connectivity index (χ0n) is 34.9. The Morgan fingerprint density at radius 2 is 1.45 bits per heavy atom. The molecule has 0 atom stereocenters. The van der Waals surface area contributed by atoms with E-state index < -0.39 is 9.84 Å². The third kappa shape index (κ3) is 9.47. The summed E-state index contributed by atoms with van der Waals surface area (Å²) >= 11 is 27.5. The number of sulfone groups is 1. The Morgan fingerprint density at radius 1 is 0.758 bits per heavy atom. The fourth-order valence-corrected chi connectivity index (χ4v) is 10.4. The van der Waals surface area contributed by atoms with Crippen LogP contribution >= 0.6 is 58.2 Å². The molecule has 1 saturated heterocycles. The van der Waals surface area contributed by atoms with Gasteiger partial charge in [-0.15, -0.1) is 11.8 Å². The number of thioether (sulfide) groups is 1. The van der Waals surface area contributed by atoms with E-state index in [9.17, 15) is 23.7 Å². The van der Waals surface area contributed by atoms with E-state index in [-0.39, 0.29) is 24.0 Å². The average Bonchev–Trinajstić information content (AvgIpc) is 4.00. The number of rotatable bonds is 13. The van der Waals surface area contributed by atoms with E-state index in [0.717, 1.165) is 16.0 Å². The van der Waals surface area contributed by atoms with Gasteiger partial charge < -0.3 is 18.8 Å². The lowest BCUT2D eigenvalue weighted by Crippen LogP contribution is -2.23. The molecule has 1 fully saturated rings. The van der Waals surface area contributed by atoms with Gasteiger partial charge in [0.15, 0.2) is 9.84 Å². The summed E-state index contributed by atoms with van der Waals surface area (Å²) in [6, 6.07) is 36.3. The van der Waals surface area contributed by atoms with E-state index in [1.807, 2.05) is 39.5 Å². The van der Waals surface area contributed by atoms with Gasteiger partial charge in [-0.3, -0.25) is 4.79 Å². The molecule has 9 rings (SSSR count). The fraction of sp³-hybridized carbons (Fsp3) is 0.163. The summed E-state index contributed by atoms with van der Waals surface area (Å²) in [4.78, 5) is 25.9. The van der Waals surface area contributed by atoms with Crippen molar-refractivity contribution in [2.45, 2.75) is 48.1 Å². The topological polar surface area (TPSA) is 147 Å². The molecule has 1 amide bonds. The molecule has 0 spiro atoms. The highest BCUT2D eigenvalue weighted by molar-refractivity contribution is 7.98. The summed E-state index contributed by atoms with van der Waals surface area (Å²) in [6.07, 6.45) is 2.28. The van der Waals surface area contributed by atoms with E-state index in [0.29, 0.717) is 119 Å². The number of nitrogens with zero attached hydrogens (tertiary/aromatic N) is 7. The summed E-state index contributed by atoms with van der Waals surface area (Å²) in [5.74, 6) is 1.97. The number of anilines is 1. The van der Waals surface area contributed by atoms with Crippen molar-refractivity contribution in [3.05, 3.63) is 163 Å². The summed E-state index contributed by atoms with van der Waals surface area (Å²) in [5, 5.41) is 22.6. The standard InChI is InChI=1S/C49H35Cl4N7O4S2/c1-66(62,63)39-5-2-4-38(21-39)65-28-48-57-44-22-40(31(24-55)19-46(44)60(48)26-33-16-35(51)9-11-42(33)53)30-17-36(58-13-3-6-49(58)61)20-37(18-30)64-27-47-56-43-12-7-29(23-54)14-45(43)59(47)25-32-15-34(50)8-10-41(32)52/h2,4-5,7-12,14-22H,3,6,13,25-28H2,1H3. The SMILES string of the molecule is CS(=O)(=O)c1cccc(SCc2nc3cc(-c4cc(OCc5nc6ccc(C#N)cc6n5Cc5cc(Cl)ccc5Cl)cc(N5CCCC5=O)c4)c(C#N)cc3n2Cc2cc(Cl)ccc2Cl)c1. The van der Waals surface area contributed by atoms with Crippen LogP contribution in [0, 0.1) is 22.7 Å². The molecule has 1 aliphatic heterocycles. The molecule has 11 nitrogen and oxygen atoms in total. The highest BCUT2D eigenvalue weighted by Crippen LogP contribution is 2.38. The zero-order chi connectivity index (χ0) is 46.3. The predicted molar refractivity (Wildman–Crippen MR) is 260 cm³/mol. The Kier molecular flexibility index (Phi) is 12.8. The number of hydrogen-bond acceptors (Lipinski definition) is 9. The molecule has 0 N–H and O–H groups in total. The number of carbonyl (C=O) groups excluding carboxylic acids is 1. The lowest BCUT2D eigenvalue weighted by Gasteiger charge is -2.19. The molecule has 8 aromatic rings. The maximum Gasteiger partial charge on any atom is 0.227 e. The molecule has 0 aliphatic carbocycles. The number of aromatic nitrogens is 4. The van der Waals surface area contributed by atoms with E-state index in [2.05, 4.69) is 12.1 Å². The molecule has 0 saturated carbocycles. The minimum absolute atomic E-state index is 0.000320. The summed E-state index contributed by atoms with van der Waals surface area (Å²) in [7, 11) is -3.43. The van der Waals surface area contributed by atoms with Crippen molar-refractivity contribution in [3.8, 4) is 29.0 Å². The molecule has 66 heavy (non-hydrogen) atoms. The molecule has 17 heteroatoms. The summed E-state index contributed by atoms with van der Waals surface area (Å²) < 4.78 is 35.2. The van der Waals surface area contributed by atoms with Crippen molar-refractivity contribution in [2.24, 2.45) is 0 Å². The van der Waals surface area contributed by atoms with Crippen LogP contribution in [0.3, 0.4) is 0 Å². The first kappa shape index (κ1) is 45.1. The quantitative estimate of drug-likeness (QED) is 0.103. The monoisotopic (exact) mass is 989 g/mol. The van der Waals surface area contributed by atoms with Crippen LogP contribution in [0.15, 0.2) is 119 Å². The lowest BCUT2D eigenvalue weighted by molar-refractivity contribution is -0.117. The Balaban J connectivity index is 1.12.